The van der Waals surface area contributed by atoms with Crippen molar-refractivity contribution in [3.05, 3.63) is 127 Å². The standard InChI is InChI=1S/C34H31ClN4O5/c1-5-43-31-17-22(4)28(18-27(31)21(2)3)33-37-29-11-7-6-10-26(29)34(40)38(33)36-19-24-9-8-12-30(39(41)42)32(24)44-20-23-13-15-25(35)16-14-23/h6-19,21H,5,20H2,1-4H3. The van der Waals surface area contributed by atoms with Crippen LogP contribution in [0.1, 0.15) is 48.9 Å². The Labute approximate surface area is 259 Å². The Morgan fingerprint density at radius 3 is 2.50 bits per heavy atom. The van der Waals surface area contributed by atoms with E-state index in [9.17, 15) is 14.9 Å². The molecule has 4 aromatic carbocycles. The summed E-state index contributed by atoms with van der Waals surface area (Å²) in [5.74, 6) is 1.28. The predicted molar refractivity (Wildman–Crippen MR) is 173 cm³/mol. The molecule has 1 heterocycles. The Kier molecular flexibility index (Phi) is 9.06. The van der Waals surface area contributed by atoms with Gasteiger partial charge in [0.2, 0.25) is 5.75 Å². The minimum absolute atomic E-state index is 0.0267. The van der Waals surface area contributed by atoms with Gasteiger partial charge in [0.15, 0.2) is 5.82 Å². The molecular weight excluding hydrogens is 580 g/mol. The summed E-state index contributed by atoms with van der Waals surface area (Å²) in [6.07, 6.45) is 1.39. The highest BCUT2D eigenvalue weighted by Crippen LogP contribution is 2.35. The van der Waals surface area contributed by atoms with Gasteiger partial charge in [0.1, 0.15) is 12.4 Å². The van der Waals surface area contributed by atoms with E-state index in [0.717, 1.165) is 28.0 Å². The van der Waals surface area contributed by atoms with Gasteiger partial charge in [-0.15, -0.1) is 0 Å². The fourth-order valence-electron chi connectivity index (χ4n) is 4.88. The molecule has 0 spiro atoms. The molecule has 0 bridgehead atoms. The predicted octanol–water partition coefficient (Wildman–Crippen LogP) is 7.92. The van der Waals surface area contributed by atoms with E-state index < -0.39 is 4.92 Å². The normalized spacial score (nSPS) is 11.4. The van der Waals surface area contributed by atoms with E-state index in [4.69, 9.17) is 26.1 Å². The summed E-state index contributed by atoms with van der Waals surface area (Å²) < 4.78 is 13.1. The van der Waals surface area contributed by atoms with Crippen molar-refractivity contribution < 1.29 is 14.4 Å². The Bertz CT molecular complexity index is 1930. The average molecular weight is 611 g/mol. The van der Waals surface area contributed by atoms with Crippen LogP contribution in [0.25, 0.3) is 22.3 Å². The minimum atomic E-state index is -0.513. The molecular formula is C34H31ClN4O5. The molecule has 0 saturated carbocycles. The number of halogens is 1. The minimum Gasteiger partial charge on any atom is -0.494 e. The number of hydrogen-bond acceptors (Lipinski definition) is 7. The zero-order chi connectivity index (χ0) is 31.4. The van der Waals surface area contributed by atoms with E-state index >= 15 is 0 Å². The second-order valence-electron chi connectivity index (χ2n) is 10.5. The summed E-state index contributed by atoms with van der Waals surface area (Å²) in [5.41, 5.74) is 3.57. The third-order valence-electron chi connectivity index (χ3n) is 7.10. The number of ether oxygens (including phenoxy) is 2. The third-order valence-corrected chi connectivity index (χ3v) is 7.36. The zero-order valence-corrected chi connectivity index (χ0v) is 25.5. The summed E-state index contributed by atoms with van der Waals surface area (Å²) in [7, 11) is 0. The van der Waals surface area contributed by atoms with Crippen LogP contribution in [0.3, 0.4) is 0 Å². The number of nitro benzene ring substituents is 1. The van der Waals surface area contributed by atoms with Gasteiger partial charge in [-0.3, -0.25) is 14.9 Å². The summed E-state index contributed by atoms with van der Waals surface area (Å²) in [5, 5.41) is 17.5. The maximum atomic E-state index is 13.9. The smallest absolute Gasteiger partial charge is 0.311 e. The molecule has 0 fully saturated rings. The maximum Gasteiger partial charge on any atom is 0.311 e. The van der Waals surface area contributed by atoms with Crippen molar-refractivity contribution in [2.24, 2.45) is 5.10 Å². The second kappa shape index (κ2) is 13.1. The number of aryl methyl sites for hydroxylation is 1. The Balaban J connectivity index is 1.66. The van der Waals surface area contributed by atoms with Crippen molar-refractivity contribution in [3.8, 4) is 22.9 Å². The first-order chi connectivity index (χ1) is 21.2. The van der Waals surface area contributed by atoms with E-state index in [0.29, 0.717) is 33.9 Å². The number of para-hydroxylation sites is 2. The first-order valence-electron chi connectivity index (χ1n) is 14.2. The van der Waals surface area contributed by atoms with Gasteiger partial charge in [-0.25, -0.2) is 4.98 Å². The fraction of sp³-hybridized carbons (Fsp3) is 0.206. The number of aromatic nitrogens is 2. The van der Waals surface area contributed by atoms with Gasteiger partial charge in [-0.2, -0.15) is 9.78 Å². The van der Waals surface area contributed by atoms with Gasteiger partial charge < -0.3 is 9.47 Å². The van der Waals surface area contributed by atoms with E-state index in [2.05, 4.69) is 18.9 Å². The molecule has 10 heteroatoms. The van der Waals surface area contributed by atoms with Gasteiger partial charge in [0.05, 0.1) is 28.6 Å². The molecule has 9 nitrogen and oxygen atoms in total. The lowest BCUT2D eigenvalue weighted by Gasteiger charge is -2.18. The van der Waals surface area contributed by atoms with Crippen molar-refractivity contribution in [3.63, 3.8) is 0 Å². The molecule has 0 amide bonds. The number of benzene rings is 4. The number of nitrogens with zero attached hydrogens (tertiary/aromatic N) is 4. The average Bonchev–Trinajstić information content (AvgIpc) is 3.00. The topological polar surface area (TPSA) is 109 Å². The molecule has 0 N–H and O–H groups in total. The molecule has 1 aromatic heterocycles. The number of rotatable bonds is 10. The van der Waals surface area contributed by atoms with Crippen LogP contribution < -0.4 is 15.0 Å². The molecule has 224 valence electrons. The van der Waals surface area contributed by atoms with Crippen molar-refractivity contribution in [1.29, 1.82) is 0 Å². The van der Waals surface area contributed by atoms with Crippen LogP contribution in [-0.4, -0.2) is 27.4 Å². The Morgan fingerprint density at radius 1 is 1.05 bits per heavy atom. The monoisotopic (exact) mass is 610 g/mol. The maximum absolute atomic E-state index is 13.9. The van der Waals surface area contributed by atoms with Gasteiger partial charge >= 0.3 is 5.69 Å². The van der Waals surface area contributed by atoms with Crippen LogP contribution in [0.2, 0.25) is 5.02 Å². The Hall–Kier alpha value is -5.02. The molecule has 0 aliphatic carbocycles. The van der Waals surface area contributed by atoms with Crippen LogP contribution in [0.4, 0.5) is 5.69 Å². The van der Waals surface area contributed by atoms with Crippen LogP contribution in [0, 0.1) is 17.0 Å². The first kappa shape index (κ1) is 30.4. The highest BCUT2D eigenvalue weighted by Gasteiger charge is 2.21. The molecule has 0 unspecified atom stereocenters. The molecule has 5 rings (SSSR count). The van der Waals surface area contributed by atoms with E-state index in [1.807, 2.05) is 32.0 Å². The van der Waals surface area contributed by atoms with Crippen LogP contribution >= 0.6 is 11.6 Å². The van der Waals surface area contributed by atoms with Gasteiger partial charge in [0.25, 0.3) is 5.56 Å². The highest BCUT2D eigenvalue weighted by atomic mass is 35.5. The van der Waals surface area contributed by atoms with Gasteiger partial charge in [-0.05, 0) is 78.9 Å². The second-order valence-corrected chi connectivity index (χ2v) is 10.9. The van der Waals surface area contributed by atoms with Gasteiger partial charge in [-0.1, -0.05) is 55.8 Å². The molecule has 0 aliphatic rings. The van der Waals surface area contributed by atoms with Crippen LogP contribution in [0.15, 0.2) is 88.8 Å². The van der Waals surface area contributed by atoms with E-state index in [-0.39, 0.29) is 29.5 Å². The molecule has 0 saturated heterocycles. The quantitative estimate of drug-likeness (QED) is 0.0902. The summed E-state index contributed by atoms with van der Waals surface area (Å²) >= 11 is 6.00. The highest BCUT2D eigenvalue weighted by molar-refractivity contribution is 6.30. The SMILES string of the molecule is CCOc1cc(C)c(-c2nc3ccccc3c(=O)n2N=Cc2cccc([N+](=O)[O-])c2OCc2ccc(Cl)cc2)cc1C(C)C. The number of hydrogen-bond donors (Lipinski definition) is 0. The molecule has 0 aliphatic heterocycles. The zero-order valence-electron chi connectivity index (χ0n) is 24.8. The molecule has 0 radical (unpaired) electrons. The van der Waals surface area contributed by atoms with Crippen molar-refractivity contribution in [2.45, 2.75) is 40.2 Å². The summed E-state index contributed by atoms with van der Waals surface area (Å²) in [6.45, 7) is 8.60. The van der Waals surface area contributed by atoms with Crippen LogP contribution in [0.5, 0.6) is 11.5 Å². The van der Waals surface area contributed by atoms with Crippen LogP contribution in [-0.2, 0) is 6.61 Å². The first-order valence-corrected chi connectivity index (χ1v) is 14.5. The lowest BCUT2D eigenvalue weighted by atomic mass is 9.96. The summed E-state index contributed by atoms with van der Waals surface area (Å²) in [6, 6.07) is 22.6. The fourth-order valence-corrected chi connectivity index (χ4v) is 5.00. The van der Waals surface area contributed by atoms with E-state index in [1.165, 1.54) is 17.0 Å². The largest absolute Gasteiger partial charge is 0.494 e. The van der Waals surface area contributed by atoms with E-state index in [1.54, 1.807) is 54.6 Å². The Morgan fingerprint density at radius 2 is 1.80 bits per heavy atom. The van der Waals surface area contributed by atoms with Crippen molar-refractivity contribution >= 4 is 34.4 Å². The van der Waals surface area contributed by atoms with Crippen molar-refractivity contribution in [2.75, 3.05) is 6.61 Å². The van der Waals surface area contributed by atoms with Gasteiger partial charge in [0, 0.05) is 22.2 Å². The molecule has 44 heavy (non-hydrogen) atoms. The summed E-state index contributed by atoms with van der Waals surface area (Å²) in [4.78, 5) is 30.2. The molecule has 0 atom stereocenters. The lowest BCUT2D eigenvalue weighted by Crippen LogP contribution is -2.21. The molecule has 5 aromatic rings. The number of fused-ring (bicyclic) bond motifs is 1. The lowest BCUT2D eigenvalue weighted by molar-refractivity contribution is -0.385. The number of nitro groups is 1. The van der Waals surface area contributed by atoms with Crippen molar-refractivity contribution in [1.82, 2.24) is 9.66 Å². The third kappa shape index (κ3) is 6.33.